The van der Waals surface area contributed by atoms with E-state index in [1.165, 1.54) is 11.9 Å². The molecule has 4 aromatic rings. The van der Waals surface area contributed by atoms with E-state index in [2.05, 4.69) is 0 Å². The summed E-state index contributed by atoms with van der Waals surface area (Å²) < 4.78 is 14.3. The zero-order valence-electron chi connectivity index (χ0n) is 20.0. The van der Waals surface area contributed by atoms with Crippen LogP contribution < -0.4 is 0 Å². The summed E-state index contributed by atoms with van der Waals surface area (Å²) in [4.78, 5) is 27.8. The zero-order chi connectivity index (χ0) is 25.1. The summed E-state index contributed by atoms with van der Waals surface area (Å²) in [5, 5.41) is 14.8. The van der Waals surface area contributed by atoms with Crippen molar-refractivity contribution >= 4 is 44.2 Å². The molecule has 3 atom stereocenters. The van der Waals surface area contributed by atoms with Gasteiger partial charge < -0.3 is 5.11 Å². The van der Waals surface area contributed by atoms with E-state index in [1.54, 1.807) is 6.07 Å². The lowest BCUT2D eigenvalue weighted by Gasteiger charge is -2.26. The van der Waals surface area contributed by atoms with Crippen molar-refractivity contribution in [3.05, 3.63) is 83.3 Å². The highest BCUT2D eigenvalue weighted by Gasteiger charge is 2.48. The maximum absolute atomic E-state index is 14.3. The number of benzene rings is 4. The van der Waals surface area contributed by atoms with Gasteiger partial charge >= 0.3 is 0 Å². The smallest absolute Gasteiger partial charge is 0.233 e. The number of carbonyl (C=O) groups excluding carboxylic acids is 2. The van der Waals surface area contributed by atoms with Gasteiger partial charge in [-0.3, -0.25) is 14.5 Å². The molecule has 0 spiro atoms. The molecule has 1 aliphatic carbocycles. The van der Waals surface area contributed by atoms with E-state index >= 15 is 0 Å². The number of imide groups is 1. The second-order valence-corrected chi connectivity index (χ2v) is 11.1. The van der Waals surface area contributed by atoms with E-state index in [4.69, 9.17) is 0 Å². The summed E-state index contributed by atoms with van der Waals surface area (Å²) in [6.45, 7) is 1.91. The molecule has 180 valence electrons. The fourth-order valence-electron chi connectivity index (χ4n) is 5.78. The first-order valence-corrected chi connectivity index (χ1v) is 13.2. The molecule has 0 aromatic heterocycles. The van der Waals surface area contributed by atoms with Crippen molar-refractivity contribution in [3.63, 3.8) is 0 Å². The normalized spacial score (nSPS) is 20.9. The number of hydrogen-bond donors (Lipinski definition) is 1. The minimum Gasteiger partial charge on any atom is -0.507 e. The number of carbonyl (C=O) groups is 2. The van der Waals surface area contributed by atoms with Crippen LogP contribution in [0.4, 0.5) is 0 Å². The van der Waals surface area contributed by atoms with Crippen molar-refractivity contribution in [2.24, 2.45) is 11.8 Å². The minimum absolute atomic E-state index is 0.121. The SMILES string of the molecule is CC1=C(S(=O)c2ccc3ccccc3c2-c2c(O)ccc3ccccc23)C[C@@H]2C(=O)N(C)C(=O)[C@@H]2C1. The summed E-state index contributed by atoms with van der Waals surface area (Å²) in [5.41, 5.74) is 2.27. The van der Waals surface area contributed by atoms with Gasteiger partial charge in [0.1, 0.15) is 5.75 Å². The van der Waals surface area contributed by atoms with Gasteiger partial charge in [-0.1, -0.05) is 66.2 Å². The Balaban J connectivity index is 1.58. The quantitative estimate of drug-likeness (QED) is 0.366. The Bertz CT molecular complexity index is 1650. The number of fused-ring (bicyclic) bond motifs is 3. The lowest BCUT2D eigenvalue weighted by molar-refractivity contribution is -0.138. The first kappa shape index (κ1) is 22.7. The average molecular weight is 496 g/mol. The van der Waals surface area contributed by atoms with Crippen LogP contribution in [-0.4, -0.2) is 33.1 Å². The predicted octanol–water partition coefficient (Wildman–Crippen LogP) is 5.77. The number of hydrogen-bond acceptors (Lipinski definition) is 4. The zero-order valence-corrected chi connectivity index (χ0v) is 20.8. The second-order valence-electron chi connectivity index (χ2n) is 9.67. The third-order valence-corrected chi connectivity index (χ3v) is 9.36. The maximum atomic E-state index is 14.3. The van der Waals surface area contributed by atoms with E-state index in [-0.39, 0.29) is 23.5 Å². The van der Waals surface area contributed by atoms with Crippen molar-refractivity contribution in [1.29, 1.82) is 0 Å². The predicted molar refractivity (Wildman–Crippen MR) is 142 cm³/mol. The van der Waals surface area contributed by atoms with Gasteiger partial charge in [0, 0.05) is 23.1 Å². The second kappa shape index (κ2) is 8.42. The van der Waals surface area contributed by atoms with Gasteiger partial charge in [0.25, 0.3) is 0 Å². The Morgan fingerprint density at radius 2 is 1.33 bits per heavy atom. The largest absolute Gasteiger partial charge is 0.507 e. The van der Waals surface area contributed by atoms with Gasteiger partial charge in [0.05, 0.1) is 27.5 Å². The Morgan fingerprint density at radius 1 is 0.778 bits per heavy atom. The summed E-state index contributed by atoms with van der Waals surface area (Å²) >= 11 is 0. The summed E-state index contributed by atoms with van der Waals surface area (Å²) in [7, 11) is -0.0521. The van der Waals surface area contributed by atoms with Crippen LogP contribution >= 0.6 is 0 Å². The Labute approximate surface area is 211 Å². The van der Waals surface area contributed by atoms with Crippen LogP contribution in [-0.2, 0) is 20.4 Å². The van der Waals surface area contributed by atoms with Crippen molar-refractivity contribution in [2.75, 3.05) is 7.05 Å². The fraction of sp³-hybridized carbons (Fsp3) is 0.200. The Kier molecular flexibility index (Phi) is 5.30. The Hall–Kier alpha value is -3.77. The van der Waals surface area contributed by atoms with Crippen LogP contribution in [0.1, 0.15) is 19.8 Å². The molecule has 36 heavy (non-hydrogen) atoms. The molecule has 6 rings (SSSR count). The van der Waals surface area contributed by atoms with Gasteiger partial charge in [-0.05, 0) is 53.4 Å². The molecule has 0 radical (unpaired) electrons. The highest BCUT2D eigenvalue weighted by atomic mass is 32.2. The molecule has 6 heteroatoms. The minimum atomic E-state index is -1.58. The molecule has 0 bridgehead atoms. The summed E-state index contributed by atoms with van der Waals surface area (Å²) in [6.07, 6.45) is 0.731. The van der Waals surface area contributed by atoms with Gasteiger partial charge in [0.2, 0.25) is 11.8 Å². The van der Waals surface area contributed by atoms with Crippen LogP contribution in [0.5, 0.6) is 5.75 Å². The van der Waals surface area contributed by atoms with E-state index in [0.717, 1.165) is 32.7 Å². The molecule has 5 nitrogen and oxygen atoms in total. The molecule has 0 saturated carbocycles. The van der Waals surface area contributed by atoms with Gasteiger partial charge in [-0.25, -0.2) is 4.21 Å². The first-order valence-electron chi connectivity index (χ1n) is 12.0. The number of likely N-dealkylation sites (tertiary alicyclic amines) is 1. The third-order valence-electron chi connectivity index (χ3n) is 7.66. The number of aromatic hydroxyl groups is 1. The number of amides is 2. The monoisotopic (exact) mass is 495 g/mol. The lowest BCUT2D eigenvalue weighted by Crippen LogP contribution is -2.26. The average Bonchev–Trinajstić information content (AvgIpc) is 3.10. The molecular weight excluding hydrogens is 470 g/mol. The topological polar surface area (TPSA) is 74.7 Å². The van der Waals surface area contributed by atoms with Gasteiger partial charge in [-0.15, -0.1) is 0 Å². The van der Waals surface area contributed by atoms with Crippen molar-refractivity contribution in [3.8, 4) is 16.9 Å². The lowest BCUT2D eigenvalue weighted by atomic mass is 9.81. The molecule has 4 aromatic carbocycles. The maximum Gasteiger partial charge on any atom is 0.233 e. The van der Waals surface area contributed by atoms with E-state index < -0.39 is 16.7 Å². The number of nitrogens with zero attached hydrogens (tertiary/aromatic N) is 1. The summed E-state index contributed by atoms with van der Waals surface area (Å²) in [5.74, 6) is -1.07. The molecule has 1 N–H and O–H groups in total. The molecule has 2 aliphatic rings. The number of phenolic OH excluding ortho intramolecular Hbond substituents is 1. The highest BCUT2D eigenvalue weighted by Crippen LogP contribution is 2.47. The fourth-order valence-corrected chi connectivity index (χ4v) is 7.37. The first-order chi connectivity index (χ1) is 17.4. The highest BCUT2D eigenvalue weighted by molar-refractivity contribution is 7.89. The molecule has 1 aliphatic heterocycles. The van der Waals surface area contributed by atoms with Crippen LogP contribution in [0.2, 0.25) is 0 Å². The van der Waals surface area contributed by atoms with Crippen LogP contribution in [0.15, 0.2) is 88.2 Å². The summed E-state index contributed by atoms with van der Waals surface area (Å²) in [6, 6.07) is 23.1. The number of phenols is 1. The molecule has 1 heterocycles. The van der Waals surface area contributed by atoms with Crippen LogP contribution in [0, 0.1) is 11.8 Å². The Morgan fingerprint density at radius 3 is 2.00 bits per heavy atom. The van der Waals surface area contributed by atoms with Crippen molar-refractivity contribution in [1.82, 2.24) is 4.90 Å². The standard InChI is InChI=1S/C30H25NO4S/c1-17-15-22-23(30(34)31(2)29(22)33)16-26(17)36(35)25-14-12-19-8-4-6-10-21(19)28(25)27-20-9-5-3-7-18(20)11-13-24(27)32/h3-14,22-23,32H,15-16H2,1-2H3/t22-,23+,36?/m1/s1. The van der Waals surface area contributed by atoms with E-state index in [1.807, 2.05) is 73.7 Å². The third kappa shape index (κ3) is 3.32. The molecule has 1 unspecified atom stereocenters. The number of rotatable bonds is 3. The van der Waals surface area contributed by atoms with Crippen molar-refractivity contribution in [2.45, 2.75) is 24.7 Å². The van der Waals surface area contributed by atoms with Crippen LogP contribution in [0.3, 0.4) is 0 Å². The molecular formula is C30H25NO4S. The van der Waals surface area contributed by atoms with Crippen LogP contribution in [0.25, 0.3) is 32.7 Å². The van der Waals surface area contributed by atoms with E-state index in [0.29, 0.717) is 28.2 Å². The van der Waals surface area contributed by atoms with Gasteiger partial charge in [0.15, 0.2) is 0 Å². The molecule has 2 amide bonds. The molecule has 1 saturated heterocycles. The van der Waals surface area contributed by atoms with Crippen molar-refractivity contribution < 1.29 is 18.9 Å². The van der Waals surface area contributed by atoms with E-state index in [9.17, 15) is 18.9 Å². The van der Waals surface area contributed by atoms with Gasteiger partial charge in [-0.2, -0.15) is 0 Å². The number of allylic oxidation sites excluding steroid dienone is 2. The molecule has 1 fully saturated rings.